The molecule has 0 amide bonds. The van der Waals surface area contributed by atoms with Gasteiger partial charge in [-0.3, -0.25) is 0 Å². The maximum absolute atomic E-state index is 14.0. The van der Waals surface area contributed by atoms with Gasteiger partial charge in [-0.05, 0) is 44.6 Å². The molecule has 0 aromatic carbocycles. The molecule has 0 aromatic heterocycles. The van der Waals surface area contributed by atoms with E-state index in [1.54, 1.807) is 13.8 Å². The normalized spacial score (nSPS) is 13.3. The Labute approximate surface area is 120 Å². The van der Waals surface area contributed by atoms with E-state index in [4.69, 9.17) is 20.9 Å². The molecule has 6 heteroatoms. The molecule has 0 radical (unpaired) electrons. The smallest absolute Gasteiger partial charge is 0.325 e. The van der Waals surface area contributed by atoms with Crippen LogP contribution in [0.5, 0.6) is 0 Å². The van der Waals surface area contributed by atoms with Gasteiger partial charge in [0.1, 0.15) is 0 Å². The lowest BCUT2D eigenvalue weighted by Crippen LogP contribution is -2.17. The topological polar surface area (TPSA) is 18.5 Å². The van der Waals surface area contributed by atoms with Crippen LogP contribution in [0.4, 0.5) is 8.78 Å². The molecule has 2 nitrogen and oxygen atoms in total. The Balaban J connectivity index is 4.46. The van der Waals surface area contributed by atoms with E-state index in [9.17, 15) is 8.78 Å². The van der Waals surface area contributed by atoms with Gasteiger partial charge in [-0.2, -0.15) is 8.78 Å². The first-order valence-corrected chi connectivity index (χ1v) is 9.52. The summed E-state index contributed by atoms with van der Waals surface area (Å²) in [5.41, 5.74) is -3.20. The van der Waals surface area contributed by atoms with Crippen molar-refractivity contribution < 1.29 is 17.8 Å². The van der Waals surface area contributed by atoms with Gasteiger partial charge in [-0.15, -0.1) is 0 Å². The average molecular weight is 314 g/mol. The van der Waals surface area contributed by atoms with Crippen LogP contribution in [0, 0.1) is 0 Å². The molecule has 0 heterocycles. The van der Waals surface area contributed by atoms with Crippen LogP contribution in [0.15, 0.2) is 12.2 Å². The maximum atomic E-state index is 14.0. The predicted molar refractivity (Wildman–Crippen MR) is 80.4 cm³/mol. The van der Waals surface area contributed by atoms with E-state index < -0.39 is 12.2 Å². The molecule has 0 atom stereocenters. The molecule has 0 saturated heterocycles. The molecule has 0 saturated carbocycles. The van der Waals surface area contributed by atoms with Crippen LogP contribution >= 0.6 is 6.49 Å². The highest BCUT2D eigenvalue weighted by Crippen LogP contribution is 2.62. The van der Waals surface area contributed by atoms with E-state index in [-0.39, 0.29) is 13.2 Å². The summed E-state index contributed by atoms with van der Waals surface area (Å²) in [6.45, 7) is 2.10. The minimum Gasteiger partial charge on any atom is -0.325 e. The Kier molecular flexibility index (Phi) is 10.1. The molecule has 19 heavy (non-hydrogen) atoms. The summed E-state index contributed by atoms with van der Waals surface area (Å²) >= 11 is 4.92. The molecule has 0 aromatic rings. The van der Waals surface area contributed by atoms with Crippen molar-refractivity contribution in [1.82, 2.24) is 0 Å². The summed E-state index contributed by atoms with van der Waals surface area (Å²) in [6.07, 6.45) is 7.27. The summed E-state index contributed by atoms with van der Waals surface area (Å²) in [6, 6.07) is 0. The third-order valence-corrected chi connectivity index (χ3v) is 5.94. The van der Waals surface area contributed by atoms with E-state index in [0.29, 0.717) is 6.42 Å². The van der Waals surface area contributed by atoms with E-state index in [0.717, 1.165) is 31.8 Å². The largest absolute Gasteiger partial charge is 0.338 e. The van der Waals surface area contributed by atoms with Crippen molar-refractivity contribution in [3.05, 3.63) is 12.2 Å². The first-order chi connectivity index (χ1) is 8.93. The molecule has 0 N–H and O–H groups in total. The lowest BCUT2D eigenvalue weighted by molar-refractivity contribution is 0.103. The van der Waals surface area contributed by atoms with Crippen molar-refractivity contribution in [2.45, 2.75) is 58.5 Å². The van der Waals surface area contributed by atoms with Gasteiger partial charge in [0.25, 0.3) is 6.49 Å². The Morgan fingerprint density at radius 2 is 1.63 bits per heavy atom. The lowest BCUT2D eigenvalue weighted by atomic mass is 10.1. The number of hydrogen-bond acceptors (Lipinski definition) is 3. The van der Waals surface area contributed by atoms with Crippen LogP contribution in [0.2, 0.25) is 0 Å². The molecular formula is C13H25F2O2PS. The van der Waals surface area contributed by atoms with Crippen LogP contribution in [0.25, 0.3) is 0 Å². The number of halogens is 2. The van der Waals surface area contributed by atoms with Crippen LogP contribution < -0.4 is 0 Å². The fourth-order valence-corrected chi connectivity index (χ4v) is 3.76. The highest BCUT2D eigenvalue weighted by atomic mass is 32.5. The number of rotatable bonds is 11. The van der Waals surface area contributed by atoms with E-state index >= 15 is 0 Å². The second-order valence-corrected chi connectivity index (χ2v) is 7.72. The molecule has 0 unspecified atom stereocenters. The fraction of sp³-hybridized carbons (Fsp3) is 0.846. The molecule has 0 aliphatic heterocycles. The third kappa shape index (κ3) is 6.94. The van der Waals surface area contributed by atoms with E-state index in [1.807, 2.05) is 0 Å². The Morgan fingerprint density at radius 1 is 1.05 bits per heavy atom. The van der Waals surface area contributed by atoms with Gasteiger partial charge < -0.3 is 9.05 Å². The SMILES string of the molecule is CCCCCC/C=C/C(F)(F)P(=S)(OCC)OCC. The van der Waals surface area contributed by atoms with Gasteiger partial charge in [0.2, 0.25) is 0 Å². The molecule has 0 rings (SSSR count). The molecule has 0 aliphatic carbocycles. The Bertz CT molecular complexity index is 299. The molecular weight excluding hydrogens is 289 g/mol. The summed E-state index contributed by atoms with van der Waals surface area (Å²) in [5, 5.41) is 0. The summed E-state index contributed by atoms with van der Waals surface area (Å²) in [4.78, 5) is 0. The number of alkyl halides is 2. The minimum atomic E-state index is -3.57. The zero-order valence-electron chi connectivity index (χ0n) is 12.0. The summed E-state index contributed by atoms with van der Waals surface area (Å²) < 4.78 is 38.1. The first kappa shape index (κ1) is 19.2. The Morgan fingerprint density at radius 3 is 2.11 bits per heavy atom. The van der Waals surface area contributed by atoms with Crippen molar-refractivity contribution in [1.29, 1.82) is 0 Å². The summed E-state index contributed by atoms with van der Waals surface area (Å²) in [7, 11) is 0. The highest BCUT2D eigenvalue weighted by molar-refractivity contribution is 8.10. The quantitative estimate of drug-likeness (QED) is 0.285. The number of unbranched alkanes of at least 4 members (excludes halogenated alkanes) is 4. The molecule has 0 spiro atoms. The first-order valence-electron chi connectivity index (χ1n) is 6.88. The molecule has 0 bridgehead atoms. The molecule has 114 valence electrons. The lowest BCUT2D eigenvalue weighted by Gasteiger charge is -2.27. The highest BCUT2D eigenvalue weighted by Gasteiger charge is 2.46. The van der Waals surface area contributed by atoms with Crippen LogP contribution in [0.3, 0.4) is 0 Å². The van der Waals surface area contributed by atoms with Gasteiger partial charge in [0.15, 0.2) is 0 Å². The van der Waals surface area contributed by atoms with Crippen LogP contribution in [0.1, 0.15) is 52.9 Å². The van der Waals surface area contributed by atoms with E-state index in [2.05, 4.69) is 6.92 Å². The van der Waals surface area contributed by atoms with Gasteiger partial charge in [-0.1, -0.05) is 32.3 Å². The monoisotopic (exact) mass is 314 g/mol. The number of hydrogen-bond donors (Lipinski definition) is 0. The van der Waals surface area contributed by atoms with E-state index in [1.165, 1.54) is 6.08 Å². The zero-order chi connectivity index (χ0) is 14.8. The fourth-order valence-electron chi connectivity index (χ4n) is 1.55. The maximum Gasteiger partial charge on any atom is 0.338 e. The zero-order valence-corrected chi connectivity index (χ0v) is 13.7. The number of allylic oxidation sites excluding steroid dienone is 2. The van der Waals surface area contributed by atoms with Crippen molar-refractivity contribution in [3.63, 3.8) is 0 Å². The second kappa shape index (κ2) is 9.98. The van der Waals surface area contributed by atoms with Crippen molar-refractivity contribution in [3.8, 4) is 0 Å². The second-order valence-electron chi connectivity index (χ2n) is 4.17. The van der Waals surface area contributed by atoms with Crippen LogP contribution in [-0.2, 0) is 20.9 Å². The van der Waals surface area contributed by atoms with Gasteiger partial charge in [-0.25, -0.2) is 0 Å². The third-order valence-electron chi connectivity index (χ3n) is 2.51. The predicted octanol–water partition coefficient (Wildman–Crippen LogP) is 5.49. The van der Waals surface area contributed by atoms with Gasteiger partial charge in [0, 0.05) is 0 Å². The van der Waals surface area contributed by atoms with Crippen molar-refractivity contribution in [2.75, 3.05) is 13.2 Å². The molecule has 0 aliphatic rings. The average Bonchev–Trinajstić information content (AvgIpc) is 2.34. The van der Waals surface area contributed by atoms with Crippen molar-refractivity contribution >= 4 is 18.3 Å². The van der Waals surface area contributed by atoms with Crippen LogP contribution in [-0.4, -0.2) is 18.9 Å². The molecule has 0 fully saturated rings. The Hall–Kier alpha value is 0.170. The van der Waals surface area contributed by atoms with Gasteiger partial charge in [0.05, 0.1) is 13.2 Å². The summed E-state index contributed by atoms with van der Waals surface area (Å²) in [5.74, 6) is 0. The van der Waals surface area contributed by atoms with Gasteiger partial charge >= 0.3 is 5.66 Å². The minimum absolute atomic E-state index is 0.136. The standard InChI is InChI=1S/C13H25F2O2PS/c1-4-7-8-9-10-11-12-13(14,15)18(19,16-5-2)17-6-3/h11-12H,4-10H2,1-3H3/b12-11+. The van der Waals surface area contributed by atoms with Crippen molar-refractivity contribution in [2.24, 2.45) is 0 Å².